The Bertz CT molecular complexity index is 357. The van der Waals surface area contributed by atoms with Gasteiger partial charge in [-0.1, -0.05) is 19.4 Å². The number of hydrogen-bond donors (Lipinski definition) is 2. The normalized spacial score (nSPS) is 11.6. The highest BCUT2D eigenvalue weighted by Crippen LogP contribution is 2.20. The van der Waals surface area contributed by atoms with Gasteiger partial charge in [-0.3, -0.25) is 0 Å². The SMILES string of the molecule is CCC/C=C(\C(=O)O)c1csc(N)n1. The molecule has 1 heterocycles. The molecular formula is C9H12N2O2S. The second-order valence-electron chi connectivity index (χ2n) is 2.78. The van der Waals surface area contributed by atoms with Gasteiger partial charge in [-0.25, -0.2) is 9.78 Å². The monoisotopic (exact) mass is 212 g/mol. The van der Waals surface area contributed by atoms with Crippen molar-refractivity contribution in [3.05, 3.63) is 17.2 Å². The van der Waals surface area contributed by atoms with Crippen LogP contribution in [0.5, 0.6) is 0 Å². The molecule has 0 atom stereocenters. The number of anilines is 1. The summed E-state index contributed by atoms with van der Waals surface area (Å²) in [6.07, 6.45) is 3.33. The van der Waals surface area contributed by atoms with E-state index >= 15 is 0 Å². The number of nitrogens with two attached hydrogens (primary N) is 1. The van der Waals surface area contributed by atoms with Gasteiger partial charge < -0.3 is 10.8 Å². The van der Waals surface area contributed by atoms with Crippen LogP contribution in [0.25, 0.3) is 5.57 Å². The molecule has 5 heteroatoms. The van der Waals surface area contributed by atoms with E-state index in [0.29, 0.717) is 10.8 Å². The van der Waals surface area contributed by atoms with Crippen molar-refractivity contribution >= 4 is 28.0 Å². The van der Waals surface area contributed by atoms with Crippen molar-refractivity contribution in [3.8, 4) is 0 Å². The van der Waals surface area contributed by atoms with Crippen molar-refractivity contribution in [2.75, 3.05) is 5.73 Å². The molecule has 0 aliphatic carbocycles. The quantitative estimate of drug-likeness (QED) is 0.748. The van der Waals surface area contributed by atoms with Crippen LogP contribution in [-0.4, -0.2) is 16.1 Å². The molecule has 0 spiro atoms. The fraction of sp³-hybridized carbons (Fsp3) is 0.333. The molecule has 0 saturated heterocycles. The lowest BCUT2D eigenvalue weighted by Gasteiger charge is -1.96. The average molecular weight is 212 g/mol. The third kappa shape index (κ3) is 2.56. The Morgan fingerprint density at radius 3 is 2.93 bits per heavy atom. The standard InChI is InChI=1S/C9H12N2O2S/c1-2-3-4-6(8(12)13)7-5-14-9(10)11-7/h4-5H,2-3H2,1H3,(H2,10,11)(H,12,13)/b6-4-. The molecule has 0 unspecified atom stereocenters. The fourth-order valence-corrected chi connectivity index (χ4v) is 1.56. The number of nitrogen functional groups attached to an aromatic ring is 1. The summed E-state index contributed by atoms with van der Waals surface area (Å²) in [5.41, 5.74) is 6.12. The smallest absolute Gasteiger partial charge is 0.337 e. The Labute approximate surface area is 86.1 Å². The van der Waals surface area contributed by atoms with Gasteiger partial charge in [0, 0.05) is 5.38 Å². The second kappa shape index (κ2) is 4.76. The van der Waals surface area contributed by atoms with Crippen LogP contribution in [0.3, 0.4) is 0 Å². The third-order valence-corrected chi connectivity index (χ3v) is 2.34. The Morgan fingerprint density at radius 2 is 2.50 bits per heavy atom. The first kappa shape index (κ1) is 10.7. The summed E-state index contributed by atoms with van der Waals surface area (Å²) < 4.78 is 0. The maximum atomic E-state index is 10.9. The molecule has 0 aliphatic rings. The van der Waals surface area contributed by atoms with Crippen LogP contribution in [0.1, 0.15) is 25.5 Å². The third-order valence-electron chi connectivity index (χ3n) is 1.67. The van der Waals surface area contributed by atoms with Crippen molar-refractivity contribution in [1.29, 1.82) is 0 Å². The van der Waals surface area contributed by atoms with Gasteiger partial charge >= 0.3 is 5.97 Å². The van der Waals surface area contributed by atoms with Crippen LogP contribution in [0.4, 0.5) is 5.13 Å². The number of unbranched alkanes of at least 4 members (excludes halogenated alkanes) is 1. The predicted molar refractivity (Wildman–Crippen MR) is 57.0 cm³/mol. The van der Waals surface area contributed by atoms with Crippen LogP contribution in [-0.2, 0) is 4.79 Å². The van der Waals surface area contributed by atoms with Crippen molar-refractivity contribution in [3.63, 3.8) is 0 Å². The summed E-state index contributed by atoms with van der Waals surface area (Å²) in [6.45, 7) is 1.99. The zero-order valence-electron chi connectivity index (χ0n) is 7.86. The van der Waals surface area contributed by atoms with E-state index in [-0.39, 0.29) is 5.57 Å². The number of carbonyl (C=O) groups is 1. The van der Waals surface area contributed by atoms with E-state index < -0.39 is 5.97 Å². The van der Waals surface area contributed by atoms with E-state index in [0.717, 1.165) is 12.8 Å². The first-order valence-electron chi connectivity index (χ1n) is 4.30. The zero-order chi connectivity index (χ0) is 10.6. The van der Waals surface area contributed by atoms with E-state index in [1.807, 2.05) is 6.92 Å². The van der Waals surface area contributed by atoms with Crippen molar-refractivity contribution in [2.24, 2.45) is 0 Å². The molecule has 1 rings (SSSR count). The molecule has 4 nitrogen and oxygen atoms in total. The molecule has 0 fully saturated rings. The Morgan fingerprint density at radius 1 is 1.79 bits per heavy atom. The minimum absolute atomic E-state index is 0.236. The Kier molecular flexibility index (Phi) is 3.64. The molecule has 1 aromatic rings. The summed E-state index contributed by atoms with van der Waals surface area (Å²) in [5.74, 6) is -0.955. The highest BCUT2D eigenvalue weighted by molar-refractivity contribution is 7.13. The van der Waals surface area contributed by atoms with Crippen LogP contribution >= 0.6 is 11.3 Å². The van der Waals surface area contributed by atoms with Crippen molar-refractivity contribution in [2.45, 2.75) is 19.8 Å². The summed E-state index contributed by atoms with van der Waals surface area (Å²) in [5, 5.41) is 11.0. The molecule has 3 N–H and O–H groups in total. The molecule has 0 bridgehead atoms. The molecule has 0 radical (unpaired) electrons. The van der Waals surface area contributed by atoms with Crippen molar-refractivity contribution in [1.82, 2.24) is 4.98 Å². The largest absolute Gasteiger partial charge is 0.478 e. The van der Waals surface area contributed by atoms with Crippen LogP contribution < -0.4 is 5.73 Å². The van der Waals surface area contributed by atoms with E-state index in [2.05, 4.69) is 4.98 Å². The molecule has 1 aromatic heterocycles. The molecule has 0 saturated carbocycles. The second-order valence-corrected chi connectivity index (χ2v) is 3.67. The van der Waals surface area contributed by atoms with Crippen LogP contribution in [0.2, 0.25) is 0 Å². The lowest BCUT2D eigenvalue weighted by molar-refractivity contribution is -0.130. The number of rotatable bonds is 4. The first-order valence-corrected chi connectivity index (χ1v) is 5.18. The van der Waals surface area contributed by atoms with E-state index in [9.17, 15) is 4.79 Å². The molecule has 14 heavy (non-hydrogen) atoms. The summed E-state index contributed by atoms with van der Waals surface area (Å²) in [7, 11) is 0. The highest BCUT2D eigenvalue weighted by atomic mass is 32.1. The average Bonchev–Trinajstić information content (AvgIpc) is 2.52. The molecule has 76 valence electrons. The number of allylic oxidation sites excluding steroid dienone is 1. The van der Waals surface area contributed by atoms with Gasteiger partial charge in [0.1, 0.15) is 0 Å². The molecule has 0 amide bonds. The maximum Gasteiger partial charge on any atom is 0.337 e. The van der Waals surface area contributed by atoms with E-state index in [1.165, 1.54) is 11.3 Å². The van der Waals surface area contributed by atoms with Gasteiger partial charge in [0.25, 0.3) is 0 Å². The minimum Gasteiger partial charge on any atom is -0.478 e. The fourth-order valence-electron chi connectivity index (χ4n) is 1.00. The van der Waals surface area contributed by atoms with Gasteiger partial charge in [0.15, 0.2) is 5.13 Å². The maximum absolute atomic E-state index is 10.9. The summed E-state index contributed by atoms with van der Waals surface area (Å²) in [4.78, 5) is 14.8. The number of carboxylic acids is 1. The molecular weight excluding hydrogens is 200 g/mol. The number of thiazole rings is 1. The molecule has 0 aliphatic heterocycles. The van der Waals surface area contributed by atoms with E-state index in [4.69, 9.17) is 10.8 Å². The van der Waals surface area contributed by atoms with Gasteiger partial charge in [-0.15, -0.1) is 11.3 Å². The van der Waals surface area contributed by atoms with Gasteiger partial charge in [-0.05, 0) is 6.42 Å². The first-order chi connectivity index (χ1) is 6.65. The van der Waals surface area contributed by atoms with Crippen molar-refractivity contribution < 1.29 is 9.90 Å². The number of carboxylic acid groups (broad SMARTS) is 1. The zero-order valence-corrected chi connectivity index (χ0v) is 8.67. The minimum atomic E-state index is -0.955. The number of aliphatic carboxylic acids is 1. The number of aromatic nitrogens is 1. The van der Waals surface area contributed by atoms with Crippen LogP contribution in [0, 0.1) is 0 Å². The van der Waals surface area contributed by atoms with Gasteiger partial charge in [0.2, 0.25) is 0 Å². The van der Waals surface area contributed by atoms with Gasteiger partial charge in [0.05, 0.1) is 11.3 Å². The Balaban J connectivity index is 2.94. The van der Waals surface area contributed by atoms with Crippen LogP contribution in [0.15, 0.2) is 11.5 Å². The molecule has 0 aromatic carbocycles. The van der Waals surface area contributed by atoms with Gasteiger partial charge in [-0.2, -0.15) is 0 Å². The lowest BCUT2D eigenvalue weighted by Crippen LogP contribution is -2.00. The summed E-state index contributed by atoms with van der Waals surface area (Å²) >= 11 is 1.25. The predicted octanol–water partition coefficient (Wildman–Crippen LogP) is 1.99. The lowest BCUT2D eigenvalue weighted by atomic mass is 10.1. The highest BCUT2D eigenvalue weighted by Gasteiger charge is 2.12. The topological polar surface area (TPSA) is 76.2 Å². The number of hydrogen-bond acceptors (Lipinski definition) is 4. The van der Waals surface area contributed by atoms with E-state index in [1.54, 1.807) is 11.5 Å². The number of nitrogens with zero attached hydrogens (tertiary/aromatic N) is 1. The summed E-state index contributed by atoms with van der Waals surface area (Å²) in [6, 6.07) is 0. The Hall–Kier alpha value is -1.36.